The van der Waals surface area contributed by atoms with E-state index in [2.05, 4.69) is 61.8 Å². The summed E-state index contributed by atoms with van der Waals surface area (Å²) in [6, 6.07) is 0. The molecule has 0 bridgehead atoms. The Kier molecular flexibility index (Phi) is 12.8. The fourth-order valence-electron chi connectivity index (χ4n) is 3.24. The molecule has 0 aliphatic carbocycles. The van der Waals surface area contributed by atoms with Gasteiger partial charge >= 0.3 is 0 Å². The van der Waals surface area contributed by atoms with Crippen LogP contribution in [0.2, 0.25) is 0 Å². The van der Waals surface area contributed by atoms with Crippen LogP contribution in [0.4, 0.5) is 0 Å². The van der Waals surface area contributed by atoms with E-state index < -0.39 is 0 Å². The lowest BCUT2D eigenvalue weighted by molar-refractivity contribution is -0.864. The highest BCUT2D eigenvalue weighted by Crippen LogP contribution is 2.22. The summed E-state index contributed by atoms with van der Waals surface area (Å²) >= 11 is 0. The van der Waals surface area contributed by atoms with Crippen LogP contribution >= 0.6 is 0 Å². The standard InChI is InChI=1S/C23H48N/c1-20(2)12-9-13-21(3)14-10-15-22(4)16-11-17-23(5)18-19-24(6,7)8/h18,20-22H,9-17,19H2,1-8H3/q+1/b23-18+/t21-,22-/m1/s1. The van der Waals surface area contributed by atoms with Crippen molar-refractivity contribution in [3.63, 3.8) is 0 Å². The van der Waals surface area contributed by atoms with E-state index in [1.165, 1.54) is 57.8 Å². The molecule has 0 aromatic rings. The predicted octanol–water partition coefficient (Wildman–Crippen LogP) is 7.08. The third-order valence-corrected chi connectivity index (χ3v) is 5.13. The Morgan fingerprint density at radius 1 is 0.750 bits per heavy atom. The average Bonchev–Trinajstić information content (AvgIpc) is 2.44. The lowest BCUT2D eigenvalue weighted by Crippen LogP contribution is -2.34. The number of hydrogen-bond acceptors (Lipinski definition) is 0. The second kappa shape index (κ2) is 13.0. The van der Waals surface area contributed by atoms with E-state index in [-0.39, 0.29) is 0 Å². The first-order chi connectivity index (χ1) is 11.1. The van der Waals surface area contributed by atoms with Crippen molar-refractivity contribution in [1.29, 1.82) is 0 Å². The molecule has 0 heterocycles. The molecule has 0 aliphatic rings. The maximum Gasteiger partial charge on any atom is 0.0970 e. The number of allylic oxidation sites excluding steroid dienone is 1. The van der Waals surface area contributed by atoms with Crippen LogP contribution in [-0.2, 0) is 0 Å². The monoisotopic (exact) mass is 338 g/mol. The van der Waals surface area contributed by atoms with Crippen LogP contribution < -0.4 is 0 Å². The van der Waals surface area contributed by atoms with Gasteiger partial charge in [0.15, 0.2) is 0 Å². The van der Waals surface area contributed by atoms with Gasteiger partial charge in [-0.1, -0.05) is 78.2 Å². The van der Waals surface area contributed by atoms with Gasteiger partial charge in [-0.25, -0.2) is 0 Å². The molecule has 0 amide bonds. The topological polar surface area (TPSA) is 0 Å². The third kappa shape index (κ3) is 16.6. The minimum Gasteiger partial charge on any atom is -0.328 e. The largest absolute Gasteiger partial charge is 0.328 e. The summed E-state index contributed by atoms with van der Waals surface area (Å²) in [4.78, 5) is 0. The van der Waals surface area contributed by atoms with Crippen molar-refractivity contribution >= 4 is 0 Å². The Balaban J connectivity index is 3.67. The van der Waals surface area contributed by atoms with E-state index in [0.29, 0.717) is 0 Å². The van der Waals surface area contributed by atoms with Crippen LogP contribution in [-0.4, -0.2) is 32.2 Å². The van der Waals surface area contributed by atoms with Gasteiger partial charge in [0.25, 0.3) is 0 Å². The fourth-order valence-corrected chi connectivity index (χ4v) is 3.24. The number of nitrogens with zero attached hydrogens (tertiary/aromatic N) is 1. The number of rotatable bonds is 14. The first kappa shape index (κ1) is 23.7. The molecular weight excluding hydrogens is 290 g/mol. The maximum atomic E-state index is 2.45. The molecule has 0 aromatic carbocycles. The molecule has 2 atom stereocenters. The third-order valence-electron chi connectivity index (χ3n) is 5.13. The normalized spacial score (nSPS) is 15.8. The minimum absolute atomic E-state index is 0.872. The van der Waals surface area contributed by atoms with Gasteiger partial charge in [-0.2, -0.15) is 0 Å². The Morgan fingerprint density at radius 2 is 1.21 bits per heavy atom. The van der Waals surface area contributed by atoms with E-state index in [4.69, 9.17) is 0 Å². The Bertz CT molecular complexity index is 321. The highest BCUT2D eigenvalue weighted by molar-refractivity contribution is 4.97. The van der Waals surface area contributed by atoms with Crippen LogP contribution in [0, 0.1) is 17.8 Å². The first-order valence-electron chi connectivity index (χ1n) is 10.6. The summed E-state index contributed by atoms with van der Waals surface area (Å²) in [5.74, 6) is 2.70. The van der Waals surface area contributed by atoms with Crippen molar-refractivity contribution in [2.75, 3.05) is 27.7 Å². The Morgan fingerprint density at radius 3 is 1.67 bits per heavy atom. The summed E-state index contributed by atoms with van der Waals surface area (Å²) in [5, 5.41) is 0. The van der Waals surface area contributed by atoms with Crippen molar-refractivity contribution in [2.24, 2.45) is 17.8 Å². The highest BCUT2D eigenvalue weighted by atomic mass is 15.3. The smallest absolute Gasteiger partial charge is 0.0970 e. The van der Waals surface area contributed by atoms with Gasteiger partial charge in [-0.15, -0.1) is 0 Å². The summed E-state index contributed by atoms with van der Waals surface area (Å²) in [6.07, 6.45) is 15.0. The zero-order valence-electron chi connectivity index (χ0n) is 18.3. The molecule has 0 spiro atoms. The molecule has 1 nitrogen and oxygen atoms in total. The van der Waals surface area contributed by atoms with Gasteiger partial charge in [-0.3, -0.25) is 0 Å². The van der Waals surface area contributed by atoms with Crippen LogP contribution in [0.25, 0.3) is 0 Å². The summed E-state index contributed by atoms with van der Waals surface area (Å²) in [7, 11) is 6.78. The van der Waals surface area contributed by atoms with Gasteiger partial charge in [0.05, 0.1) is 27.7 Å². The molecule has 0 fully saturated rings. The zero-order chi connectivity index (χ0) is 18.6. The first-order valence-corrected chi connectivity index (χ1v) is 10.6. The number of quaternary nitrogens is 1. The molecule has 24 heavy (non-hydrogen) atoms. The van der Waals surface area contributed by atoms with Crippen LogP contribution in [0.5, 0.6) is 0 Å². The number of likely N-dealkylation sites (N-methyl/N-ethyl adjacent to an activating group) is 1. The summed E-state index contributed by atoms with van der Waals surface area (Å²) < 4.78 is 1.03. The van der Waals surface area contributed by atoms with Crippen LogP contribution in [0.1, 0.15) is 92.4 Å². The molecular formula is C23H48N+. The lowest BCUT2D eigenvalue weighted by Gasteiger charge is -2.22. The Labute approximate surface area is 154 Å². The van der Waals surface area contributed by atoms with Gasteiger partial charge < -0.3 is 4.48 Å². The van der Waals surface area contributed by atoms with Crippen molar-refractivity contribution < 1.29 is 4.48 Å². The molecule has 0 radical (unpaired) electrons. The second-order valence-electron chi connectivity index (χ2n) is 9.88. The predicted molar refractivity (Wildman–Crippen MR) is 111 cm³/mol. The Hall–Kier alpha value is -0.300. The molecule has 0 saturated heterocycles. The molecule has 0 aliphatic heterocycles. The van der Waals surface area contributed by atoms with Gasteiger partial charge in [0.2, 0.25) is 0 Å². The van der Waals surface area contributed by atoms with E-state index >= 15 is 0 Å². The molecule has 144 valence electrons. The van der Waals surface area contributed by atoms with Crippen molar-refractivity contribution in [3.05, 3.63) is 11.6 Å². The molecule has 0 unspecified atom stereocenters. The summed E-state index contributed by atoms with van der Waals surface area (Å²) in [6.45, 7) is 13.0. The second-order valence-corrected chi connectivity index (χ2v) is 9.88. The van der Waals surface area contributed by atoms with Crippen molar-refractivity contribution in [3.8, 4) is 0 Å². The van der Waals surface area contributed by atoms with Crippen molar-refractivity contribution in [1.82, 2.24) is 0 Å². The lowest BCUT2D eigenvalue weighted by atomic mass is 9.91. The molecule has 1 heteroatoms. The fraction of sp³-hybridized carbons (Fsp3) is 0.913. The van der Waals surface area contributed by atoms with E-state index in [9.17, 15) is 0 Å². The zero-order valence-corrected chi connectivity index (χ0v) is 18.3. The minimum atomic E-state index is 0.872. The SMILES string of the molecule is C/C(=C\C[N+](C)(C)C)CCC[C@H](C)CCC[C@H](C)CCCC(C)C. The quantitative estimate of drug-likeness (QED) is 0.234. The summed E-state index contributed by atoms with van der Waals surface area (Å²) in [5.41, 5.74) is 1.58. The van der Waals surface area contributed by atoms with Gasteiger partial charge in [0.1, 0.15) is 0 Å². The molecule has 0 N–H and O–H groups in total. The van der Waals surface area contributed by atoms with E-state index in [1.54, 1.807) is 5.57 Å². The molecule has 0 rings (SSSR count). The average molecular weight is 339 g/mol. The highest BCUT2D eigenvalue weighted by Gasteiger charge is 2.07. The van der Waals surface area contributed by atoms with Crippen LogP contribution in [0.15, 0.2) is 11.6 Å². The maximum absolute atomic E-state index is 2.45. The van der Waals surface area contributed by atoms with Crippen molar-refractivity contribution in [2.45, 2.75) is 92.4 Å². The molecule has 0 saturated carbocycles. The van der Waals surface area contributed by atoms with E-state index in [1.807, 2.05) is 0 Å². The van der Waals surface area contributed by atoms with Gasteiger partial charge in [0, 0.05) is 0 Å². The number of hydrogen-bond donors (Lipinski definition) is 0. The van der Waals surface area contributed by atoms with Crippen LogP contribution in [0.3, 0.4) is 0 Å². The van der Waals surface area contributed by atoms with E-state index in [0.717, 1.165) is 28.8 Å². The molecule has 0 aromatic heterocycles. The van der Waals surface area contributed by atoms with Gasteiger partial charge in [-0.05, 0) is 43.6 Å².